The van der Waals surface area contributed by atoms with E-state index in [0.717, 1.165) is 75.9 Å². The lowest BCUT2D eigenvalue weighted by atomic mass is 9.92. The predicted octanol–water partition coefficient (Wildman–Crippen LogP) is 4.89. The zero-order valence-electron chi connectivity index (χ0n) is 23.6. The zero-order chi connectivity index (χ0) is 28.9. The van der Waals surface area contributed by atoms with Gasteiger partial charge in [0.2, 0.25) is 5.95 Å². The van der Waals surface area contributed by atoms with Crippen LogP contribution in [0.4, 0.5) is 8.78 Å². The number of aromatic amines is 1. The second kappa shape index (κ2) is 12.8. The molecule has 3 heterocycles. The number of hydrogen-bond donors (Lipinski definition) is 4. The van der Waals surface area contributed by atoms with Gasteiger partial charge >= 0.3 is 0 Å². The molecular formula is C31H39F2N7O. The van der Waals surface area contributed by atoms with E-state index in [1.165, 1.54) is 24.8 Å². The molecule has 1 fully saturated rings. The number of carbonyl (C=O) groups is 1. The predicted molar refractivity (Wildman–Crippen MR) is 160 cm³/mol. The van der Waals surface area contributed by atoms with Crippen LogP contribution in [-0.4, -0.2) is 59.6 Å². The van der Waals surface area contributed by atoms with Crippen LogP contribution in [0, 0.1) is 11.7 Å². The fourth-order valence-electron chi connectivity index (χ4n) is 5.95. The maximum Gasteiger partial charge on any atom is 0.215 e. The van der Waals surface area contributed by atoms with Crippen LogP contribution in [-0.2, 0) is 0 Å². The van der Waals surface area contributed by atoms with Gasteiger partial charge in [-0.3, -0.25) is 4.79 Å². The highest BCUT2D eigenvalue weighted by Crippen LogP contribution is 2.31. The van der Waals surface area contributed by atoms with Crippen LogP contribution in [0.2, 0.25) is 0 Å². The first-order valence-electron chi connectivity index (χ1n) is 14.4. The van der Waals surface area contributed by atoms with Crippen LogP contribution in [0.1, 0.15) is 61.5 Å². The number of fused-ring (bicyclic) bond motifs is 1. The fourth-order valence-corrected chi connectivity index (χ4v) is 5.95. The van der Waals surface area contributed by atoms with Crippen LogP contribution in [0.15, 0.2) is 64.3 Å². The zero-order valence-corrected chi connectivity index (χ0v) is 23.6. The minimum Gasteiger partial charge on any atom is -0.397 e. The molecule has 1 aromatic heterocycles. The Morgan fingerprint density at radius 1 is 1.22 bits per heavy atom. The number of rotatable bonds is 10. The third-order valence-electron chi connectivity index (χ3n) is 8.18. The minimum absolute atomic E-state index is 0.179. The Labute approximate surface area is 239 Å². The second-order valence-electron chi connectivity index (χ2n) is 11.1. The van der Waals surface area contributed by atoms with Crippen molar-refractivity contribution in [1.82, 2.24) is 20.2 Å². The van der Waals surface area contributed by atoms with Gasteiger partial charge in [0.15, 0.2) is 5.78 Å². The van der Waals surface area contributed by atoms with Crippen molar-refractivity contribution in [2.45, 2.75) is 45.4 Å². The Morgan fingerprint density at radius 3 is 2.73 bits per heavy atom. The Balaban J connectivity index is 1.08. The molecule has 0 bridgehead atoms. The smallest absolute Gasteiger partial charge is 0.215 e. The summed E-state index contributed by atoms with van der Waals surface area (Å²) in [6.07, 6.45) is 12.7. The number of aliphatic imine (C=N–C) groups is 1. The van der Waals surface area contributed by atoms with Gasteiger partial charge in [-0.1, -0.05) is 6.08 Å². The monoisotopic (exact) mass is 563 g/mol. The molecule has 10 heteroatoms. The van der Waals surface area contributed by atoms with E-state index in [0.29, 0.717) is 40.3 Å². The summed E-state index contributed by atoms with van der Waals surface area (Å²) in [6.45, 7) is 5.91. The number of likely N-dealkylation sites (tertiary alicyclic amines) is 1. The number of allylic oxidation sites excluding steroid dienone is 5. The van der Waals surface area contributed by atoms with Crippen molar-refractivity contribution in [2.24, 2.45) is 22.5 Å². The van der Waals surface area contributed by atoms with Gasteiger partial charge in [0.1, 0.15) is 5.82 Å². The number of halogens is 2. The number of ketones is 1. The summed E-state index contributed by atoms with van der Waals surface area (Å²) in [5.74, 6) is 5.83. The normalized spacial score (nSPS) is 19.0. The van der Waals surface area contributed by atoms with Crippen LogP contribution in [0.3, 0.4) is 0 Å². The molecule has 1 aromatic carbocycles. The van der Waals surface area contributed by atoms with E-state index in [1.54, 1.807) is 23.5 Å². The Kier molecular flexibility index (Phi) is 8.99. The third kappa shape index (κ3) is 6.94. The maximum atomic E-state index is 14.0. The van der Waals surface area contributed by atoms with E-state index in [9.17, 15) is 13.6 Å². The van der Waals surface area contributed by atoms with E-state index in [4.69, 9.17) is 11.6 Å². The van der Waals surface area contributed by atoms with E-state index in [-0.39, 0.29) is 11.7 Å². The van der Waals surface area contributed by atoms with Crippen molar-refractivity contribution in [3.05, 3.63) is 76.4 Å². The van der Waals surface area contributed by atoms with Crippen molar-refractivity contribution in [3.63, 3.8) is 0 Å². The number of hydrazine groups is 1. The number of nitrogens with two attached hydrogens (primary N) is 2. The van der Waals surface area contributed by atoms with E-state index in [2.05, 4.69) is 26.3 Å². The molecule has 3 aliphatic rings. The van der Waals surface area contributed by atoms with Gasteiger partial charge in [-0.15, -0.1) is 0 Å². The molecule has 1 saturated heterocycles. The molecule has 1 aliphatic carbocycles. The van der Waals surface area contributed by atoms with Gasteiger partial charge < -0.3 is 25.9 Å². The van der Waals surface area contributed by atoms with Crippen LogP contribution >= 0.6 is 0 Å². The van der Waals surface area contributed by atoms with E-state index < -0.39 is 5.82 Å². The van der Waals surface area contributed by atoms with Crippen LogP contribution < -0.4 is 16.9 Å². The molecule has 5 rings (SSSR count). The first-order chi connectivity index (χ1) is 19.8. The highest BCUT2D eigenvalue weighted by Gasteiger charge is 2.22. The summed E-state index contributed by atoms with van der Waals surface area (Å²) in [5.41, 5.74) is 11.2. The Bertz CT molecular complexity index is 1440. The second-order valence-corrected chi connectivity index (χ2v) is 11.1. The van der Waals surface area contributed by atoms with Gasteiger partial charge in [-0.05, 0) is 87.4 Å². The molecule has 2 aliphatic heterocycles. The molecule has 8 nitrogen and oxygen atoms in total. The Hall–Kier alpha value is -3.76. The first-order valence-corrected chi connectivity index (χ1v) is 14.4. The molecule has 2 aromatic rings. The van der Waals surface area contributed by atoms with Gasteiger partial charge in [0.25, 0.3) is 0 Å². The van der Waals surface area contributed by atoms with E-state index >= 15 is 0 Å². The number of nitrogens with zero attached hydrogens (tertiary/aromatic N) is 3. The number of aromatic nitrogens is 1. The van der Waals surface area contributed by atoms with Gasteiger partial charge in [-0.2, -0.15) is 4.39 Å². The number of Topliss-reactive ketones (excluding diaryl/α,β-unsaturated/α-hetero) is 1. The Morgan fingerprint density at radius 2 is 2.02 bits per heavy atom. The molecular weight excluding hydrogens is 524 g/mol. The van der Waals surface area contributed by atoms with Crippen molar-refractivity contribution in [3.8, 4) is 0 Å². The number of carbonyl (C=O) groups excluding carboxylic acids is 1. The van der Waals surface area contributed by atoms with Crippen LogP contribution in [0.25, 0.3) is 16.6 Å². The standard InChI is InChI=1S/C31H39F2N7O/c1-20(41)30-29(26-17-23(32)6-9-28(26)38-30)27(34)19-40(35)18-21-10-14-39(15-11-21)16-13-36-24-7-4-22(5-8-24)25-3-2-12-37-31(25)33/h4,6-7,9,12,17,19,21,36,38H,2-3,5,8,10-11,13-16,18,34-35H2,1H3/b27-19-. The highest BCUT2D eigenvalue weighted by molar-refractivity contribution is 6.06. The minimum atomic E-state index is -0.395. The van der Waals surface area contributed by atoms with Crippen molar-refractivity contribution in [1.29, 1.82) is 0 Å². The summed E-state index contributed by atoms with van der Waals surface area (Å²) >= 11 is 0. The number of H-pyrrole nitrogens is 1. The summed E-state index contributed by atoms with van der Waals surface area (Å²) in [6, 6.07) is 4.33. The lowest BCUT2D eigenvalue weighted by Crippen LogP contribution is -2.41. The van der Waals surface area contributed by atoms with E-state index in [1.807, 2.05) is 6.08 Å². The number of nitrogens with one attached hydrogen (secondary N) is 2. The maximum absolute atomic E-state index is 14.0. The molecule has 0 amide bonds. The summed E-state index contributed by atoms with van der Waals surface area (Å²) in [7, 11) is 0. The number of hydrogen-bond acceptors (Lipinski definition) is 7. The molecule has 0 unspecified atom stereocenters. The number of benzene rings is 1. The summed E-state index contributed by atoms with van der Waals surface area (Å²) in [4.78, 5) is 21.6. The molecule has 0 radical (unpaired) electrons. The van der Waals surface area contributed by atoms with Crippen LogP contribution in [0.5, 0.6) is 0 Å². The molecule has 41 heavy (non-hydrogen) atoms. The lowest BCUT2D eigenvalue weighted by Gasteiger charge is -2.33. The quantitative estimate of drug-likeness (QED) is 0.142. The number of piperidine rings is 1. The van der Waals surface area contributed by atoms with Crippen molar-refractivity contribution in [2.75, 3.05) is 32.7 Å². The average molecular weight is 564 g/mol. The molecule has 6 N–H and O–H groups in total. The average Bonchev–Trinajstić information content (AvgIpc) is 3.34. The van der Waals surface area contributed by atoms with Crippen molar-refractivity contribution >= 4 is 28.6 Å². The van der Waals surface area contributed by atoms with Gasteiger partial charge in [-0.25, -0.2) is 15.2 Å². The first kappa shape index (κ1) is 28.8. The molecule has 0 spiro atoms. The topological polar surface area (TPSA) is 116 Å². The molecule has 218 valence electrons. The summed E-state index contributed by atoms with van der Waals surface area (Å²) in [5, 5.41) is 5.69. The SMILES string of the molecule is CC(=O)c1[nH]c2ccc(F)cc2c1/C(N)=C/N(N)CC1CCN(CCNC2=CC=C(C3=C(F)N=CCC3)CC2)CC1. The highest BCUT2D eigenvalue weighted by atomic mass is 19.1. The van der Waals surface area contributed by atoms with Gasteiger partial charge in [0.05, 0.1) is 11.4 Å². The lowest BCUT2D eigenvalue weighted by molar-refractivity contribution is 0.101. The third-order valence-corrected chi connectivity index (χ3v) is 8.18. The largest absolute Gasteiger partial charge is 0.397 e. The molecule has 0 saturated carbocycles. The molecule has 0 atom stereocenters. The summed E-state index contributed by atoms with van der Waals surface area (Å²) < 4.78 is 27.9. The van der Waals surface area contributed by atoms with Gasteiger partial charge in [0, 0.05) is 66.7 Å². The van der Waals surface area contributed by atoms with Crippen molar-refractivity contribution < 1.29 is 13.6 Å². The fraction of sp³-hybridized carbons (Fsp3) is 0.419.